The number of ether oxygens (including phenoxy) is 10. The summed E-state index contributed by atoms with van der Waals surface area (Å²) in [5, 5.41) is 55.1. The van der Waals surface area contributed by atoms with Crippen molar-refractivity contribution in [3.63, 3.8) is 0 Å². The average Bonchev–Trinajstić information content (AvgIpc) is 3.54. The van der Waals surface area contributed by atoms with Gasteiger partial charge in [-0.2, -0.15) is 0 Å². The molecule has 6 N–H and O–H groups in total. The van der Waals surface area contributed by atoms with Crippen molar-refractivity contribution in [3.8, 4) is 0 Å². The van der Waals surface area contributed by atoms with Crippen LogP contribution in [0.1, 0.15) is 73.9 Å². The first-order chi connectivity index (χ1) is 42.4. The normalized spacial score (nSPS) is 26.3. The van der Waals surface area contributed by atoms with E-state index < -0.39 is 43.1 Å². The minimum absolute atomic E-state index is 0.0134. The van der Waals surface area contributed by atoms with Crippen LogP contribution in [0.5, 0.6) is 0 Å². The molecule has 0 spiro atoms. The van der Waals surface area contributed by atoms with Gasteiger partial charge in [0.05, 0.1) is 109 Å². The maximum Gasteiger partial charge on any atom is 0.157 e. The second-order valence-corrected chi connectivity index (χ2v) is 21.7. The lowest BCUT2D eigenvalue weighted by molar-refractivity contribution is -0.233. The minimum atomic E-state index is -0.932. The van der Waals surface area contributed by atoms with Crippen molar-refractivity contribution < 1.29 is 78.0 Å². The van der Waals surface area contributed by atoms with Crippen molar-refractivity contribution in [2.75, 3.05) is 33.0 Å². The van der Waals surface area contributed by atoms with Gasteiger partial charge in [-0.05, 0) is 52.5 Å². The van der Waals surface area contributed by atoms with Gasteiger partial charge in [0.1, 0.15) is 24.4 Å². The van der Waals surface area contributed by atoms with E-state index in [0.29, 0.717) is 65.9 Å². The highest BCUT2D eigenvalue weighted by Gasteiger charge is 2.37. The molecule has 0 saturated carbocycles. The van der Waals surface area contributed by atoms with Gasteiger partial charge in [-0.15, -0.1) is 0 Å². The van der Waals surface area contributed by atoms with E-state index in [1.807, 2.05) is 164 Å². The molecule has 2 fully saturated rings. The fourth-order valence-corrected chi connectivity index (χ4v) is 9.67. The van der Waals surface area contributed by atoms with Crippen LogP contribution in [-0.2, 0) is 87.0 Å². The Morgan fingerprint density at radius 1 is 0.391 bits per heavy atom. The topological polar surface area (TPSA) is 214 Å². The summed E-state index contributed by atoms with van der Waals surface area (Å²) in [6.45, 7) is 12.4. The zero-order chi connectivity index (χ0) is 61.9. The Bertz CT molecular complexity index is 2600. The molecule has 2 saturated heterocycles. The van der Waals surface area contributed by atoms with Crippen LogP contribution >= 0.6 is 0 Å². The first-order valence-electron chi connectivity index (χ1n) is 30.1. The second-order valence-electron chi connectivity index (χ2n) is 21.7. The van der Waals surface area contributed by atoms with Crippen LogP contribution in [0, 0.1) is 17.8 Å². The first kappa shape index (κ1) is 69.9. The molecule has 14 atom stereocenters. The van der Waals surface area contributed by atoms with Crippen LogP contribution < -0.4 is 0 Å². The molecule has 0 amide bonds. The van der Waals surface area contributed by atoms with Gasteiger partial charge < -0.3 is 78.0 Å². The Labute approximate surface area is 514 Å². The zero-order valence-corrected chi connectivity index (χ0v) is 50.7. The van der Waals surface area contributed by atoms with Gasteiger partial charge in [-0.25, -0.2) is 0 Å². The number of hydrogen-bond donors (Lipinski definition) is 6. The molecule has 4 aliphatic rings. The van der Waals surface area contributed by atoms with Crippen LogP contribution in [0.4, 0.5) is 0 Å². The largest absolute Gasteiger partial charge is 0.495 e. The van der Waals surface area contributed by atoms with Gasteiger partial charge in [-0.3, -0.25) is 0 Å². The van der Waals surface area contributed by atoms with Gasteiger partial charge in [0.25, 0.3) is 0 Å². The number of rotatable bonds is 22. The average molecular weight is 1200 g/mol. The van der Waals surface area contributed by atoms with Crippen LogP contribution in [0.25, 0.3) is 0 Å². The molecule has 6 aromatic carbocycles. The molecule has 16 heteroatoms. The standard InChI is InChI=1S/C21H26O4.C21H24O3.C20H22O4.C7H14O4.C2H6O/c1-16-19(24-14-18-10-6-3-7-11-18)12-21(22)25-20(16)15-23-13-17-8-4-2-5-9-17;1-17-20(24-15-19-10-6-3-7-11-19)12-13-23-21(17)16-22-14-18-8-4-2-5-9-18;21-20-18(24-14-17-9-5-2-6-10-17)11-12-23-19(20)15-22-13-16-7-3-1-4-8-16;1-4-5(9)2-7(10)11-6(4)3-8;1-2-3/h2-11,16,19-22H,12-15H2,1H3;2-13,17,20-21H,14-16H2,1H3;1-12,18-21H,13-15H2;4-10H,2-3H2,1H3;3H,2H2,1H3. The summed E-state index contributed by atoms with van der Waals surface area (Å²) in [6.07, 6.45) is 3.28. The maximum absolute atomic E-state index is 10.4. The summed E-state index contributed by atoms with van der Waals surface area (Å²) in [4.78, 5) is 0. The monoisotopic (exact) mass is 1200 g/mol. The quantitative estimate of drug-likeness (QED) is 0.0373. The van der Waals surface area contributed by atoms with Gasteiger partial charge in [0.15, 0.2) is 12.6 Å². The Morgan fingerprint density at radius 2 is 0.736 bits per heavy atom. The van der Waals surface area contributed by atoms with E-state index in [1.54, 1.807) is 32.4 Å². The van der Waals surface area contributed by atoms with E-state index in [0.717, 1.165) is 22.3 Å². The van der Waals surface area contributed by atoms with Crippen molar-refractivity contribution in [1.29, 1.82) is 0 Å². The van der Waals surface area contributed by atoms with E-state index in [9.17, 15) is 15.3 Å². The molecule has 87 heavy (non-hydrogen) atoms. The fraction of sp³-hybridized carbons (Fsp3) is 0.437. The SMILES string of the molecule is CC1C(O)CC(O)OC1CO.CC1C(OCc2ccccc2)C=COC1COCc1ccccc1.CC1C(OCc2ccccc2)CC(O)OC1COCc1ccccc1.CCO.OC1C(OCc2ccccc2)C=COC1COCc1ccccc1. The van der Waals surface area contributed by atoms with Gasteiger partial charge in [0.2, 0.25) is 0 Å². The van der Waals surface area contributed by atoms with E-state index in [2.05, 4.69) is 38.1 Å². The molecular formula is C71H92O16. The second kappa shape index (κ2) is 40.4. The molecular weight excluding hydrogens is 1110 g/mol. The smallest absolute Gasteiger partial charge is 0.157 e. The van der Waals surface area contributed by atoms with E-state index in [1.165, 1.54) is 11.1 Å². The highest BCUT2D eigenvalue weighted by Crippen LogP contribution is 2.29. The lowest BCUT2D eigenvalue weighted by Gasteiger charge is -2.38. The predicted molar refractivity (Wildman–Crippen MR) is 332 cm³/mol. The Morgan fingerprint density at radius 3 is 1.17 bits per heavy atom. The minimum Gasteiger partial charge on any atom is -0.495 e. The van der Waals surface area contributed by atoms with Gasteiger partial charge in [0, 0.05) is 37.2 Å². The van der Waals surface area contributed by atoms with Crippen LogP contribution in [0.3, 0.4) is 0 Å². The van der Waals surface area contributed by atoms with Crippen molar-refractivity contribution in [2.45, 2.75) is 148 Å². The molecule has 10 rings (SSSR count). The lowest BCUT2D eigenvalue weighted by atomic mass is 9.92. The third-order valence-corrected chi connectivity index (χ3v) is 15.0. The van der Waals surface area contributed by atoms with Crippen LogP contribution in [-0.4, -0.2) is 131 Å². The molecule has 14 unspecified atom stereocenters. The molecule has 4 heterocycles. The first-order valence-corrected chi connectivity index (χ1v) is 30.1. The summed E-state index contributed by atoms with van der Waals surface area (Å²) in [5.74, 6) is 0.292. The molecule has 0 aliphatic carbocycles. The zero-order valence-electron chi connectivity index (χ0n) is 50.7. The molecule has 472 valence electrons. The van der Waals surface area contributed by atoms with E-state index >= 15 is 0 Å². The summed E-state index contributed by atoms with van der Waals surface area (Å²) >= 11 is 0. The number of benzene rings is 6. The summed E-state index contributed by atoms with van der Waals surface area (Å²) in [7, 11) is 0. The third kappa shape index (κ3) is 25.8. The molecule has 6 aromatic rings. The molecule has 0 aromatic heterocycles. The number of hydrogen-bond acceptors (Lipinski definition) is 16. The van der Waals surface area contributed by atoms with Gasteiger partial charge in [-0.1, -0.05) is 203 Å². The van der Waals surface area contributed by atoms with Gasteiger partial charge >= 0.3 is 0 Å². The molecule has 16 nitrogen and oxygen atoms in total. The Kier molecular flexibility index (Phi) is 32.5. The molecule has 0 bridgehead atoms. The van der Waals surface area contributed by atoms with Crippen molar-refractivity contribution >= 4 is 0 Å². The number of aliphatic hydroxyl groups is 6. The molecule has 0 radical (unpaired) electrons. The Balaban J connectivity index is 0.000000188. The Hall–Kier alpha value is -6.16. The number of aliphatic hydroxyl groups excluding tert-OH is 6. The van der Waals surface area contributed by atoms with Crippen molar-refractivity contribution in [2.24, 2.45) is 17.8 Å². The van der Waals surface area contributed by atoms with E-state index in [4.69, 9.17) is 62.7 Å². The maximum atomic E-state index is 10.4. The lowest BCUT2D eigenvalue weighted by Crippen LogP contribution is -2.46. The molecule has 4 aliphatic heterocycles. The van der Waals surface area contributed by atoms with Crippen molar-refractivity contribution in [3.05, 3.63) is 240 Å². The van der Waals surface area contributed by atoms with Crippen molar-refractivity contribution in [1.82, 2.24) is 0 Å². The summed E-state index contributed by atoms with van der Waals surface area (Å²) in [5.41, 5.74) is 6.78. The highest BCUT2D eigenvalue weighted by molar-refractivity contribution is 5.18. The summed E-state index contributed by atoms with van der Waals surface area (Å²) in [6, 6.07) is 60.4. The predicted octanol–water partition coefficient (Wildman–Crippen LogP) is 10.0. The van der Waals surface area contributed by atoms with Crippen LogP contribution in [0.15, 0.2) is 207 Å². The summed E-state index contributed by atoms with van der Waals surface area (Å²) < 4.78 is 57.0. The fourth-order valence-electron chi connectivity index (χ4n) is 9.67. The van der Waals surface area contributed by atoms with Crippen LogP contribution in [0.2, 0.25) is 0 Å². The third-order valence-electron chi connectivity index (χ3n) is 15.0. The highest BCUT2D eigenvalue weighted by atomic mass is 16.6. The van der Waals surface area contributed by atoms with E-state index in [-0.39, 0.29) is 61.8 Å².